The third kappa shape index (κ3) is 4.56. The van der Waals surface area contributed by atoms with Gasteiger partial charge in [-0.05, 0) is 18.1 Å². The SMILES string of the molecule is CCC(C)CNC(=S)NC. The molecule has 0 aliphatic carbocycles. The molecule has 0 aliphatic rings. The first-order chi connectivity index (χ1) is 4.70. The summed E-state index contributed by atoms with van der Waals surface area (Å²) in [6.45, 7) is 5.34. The van der Waals surface area contributed by atoms with E-state index in [1.54, 1.807) is 0 Å². The summed E-state index contributed by atoms with van der Waals surface area (Å²) in [4.78, 5) is 0. The van der Waals surface area contributed by atoms with Crippen molar-refractivity contribution in [1.29, 1.82) is 0 Å². The van der Waals surface area contributed by atoms with E-state index in [1.165, 1.54) is 6.42 Å². The predicted molar refractivity (Wildman–Crippen MR) is 49.1 cm³/mol. The van der Waals surface area contributed by atoms with Gasteiger partial charge in [0.15, 0.2) is 5.11 Å². The van der Waals surface area contributed by atoms with Gasteiger partial charge < -0.3 is 10.6 Å². The Morgan fingerprint density at radius 1 is 1.60 bits per heavy atom. The summed E-state index contributed by atoms with van der Waals surface area (Å²) in [5.74, 6) is 0.700. The van der Waals surface area contributed by atoms with E-state index in [0.717, 1.165) is 11.7 Å². The van der Waals surface area contributed by atoms with E-state index < -0.39 is 0 Å². The second-order valence-corrected chi connectivity index (χ2v) is 2.88. The average Bonchev–Trinajstić information content (AvgIpc) is 1.99. The molecular weight excluding hydrogens is 144 g/mol. The van der Waals surface area contributed by atoms with Crippen molar-refractivity contribution in [2.75, 3.05) is 13.6 Å². The normalized spacial score (nSPS) is 12.3. The molecule has 0 rings (SSSR count). The summed E-state index contributed by atoms with van der Waals surface area (Å²) in [6.07, 6.45) is 1.19. The molecule has 0 aromatic heterocycles. The Morgan fingerprint density at radius 3 is 2.60 bits per heavy atom. The summed E-state index contributed by atoms with van der Waals surface area (Å²) in [5, 5.41) is 6.70. The molecule has 0 radical (unpaired) electrons. The fourth-order valence-electron chi connectivity index (χ4n) is 0.500. The number of nitrogens with one attached hydrogen (secondary N) is 2. The van der Waals surface area contributed by atoms with Crippen LogP contribution in [0.15, 0.2) is 0 Å². The van der Waals surface area contributed by atoms with Crippen LogP contribution in [0.1, 0.15) is 20.3 Å². The van der Waals surface area contributed by atoms with Crippen LogP contribution in [0.2, 0.25) is 0 Å². The minimum absolute atomic E-state index is 0.700. The summed E-state index contributed by atoms with van der Waals surface area (Å²) < 4.78 is 0. The molecule has 2 nitrogen and oxygen atoms in total. The van der Waals surface area contributed by atoms with E-state index in [4.69, 9.17) is 12.2 Å². The van der Waals surface area contributed by atoms with Crippen LogP contribution in [-0.2, 0) is 0 Å². The Labute approximate surface area is 68.4 Å². The molecule has 0 heterocycles. The van der Waals surface area contributed by atoms with Crippen LogP contribution in [-0.4, -0.2) is 18.7 Å². The van der Waals surface area contributed by atoms with E-state index >= 15 is 0 Å². The minimum atomic E-state index is 0.700. The zero-order valence-corrected chi connectivity index (χ0v) is 7.72. The first-order valence-electron chi connectivity index (χ1n) is 3.66. The Hall–Kier alpha value is -0.310. The summed E-state index contributed by atoms with van der Waals surface area (Å²) in [6, 6.07) is 0. The lowest BCUT2D eigenvalue weighted by atomic mass is 10.1. The average molecular weight is 160 g/mol. The quantitative estimate of drug-likeness (QED) is 0.605. The lowest BCUT2D eigenvalue weighted by Crippen LogP contribution is -2.35. The maximum Gasteiger partial charge on any atom is 0.166 e. The molecule has 0 aromatic rings. The molecule has 0 bridgehead atoms. The van der Waals surface area contributed by atoms with Gasteiger partial charge in [-0.2, -0.15) is 0 Å². The first kappa shape index (κ1) is 9.69. The molecule has 10 heavy (non-hydrogen) atoms. The maximum atomic E-state index is 4.90. The molecule has 0 saturated heterocycles. The number of hydrogen-bond acceptors (Lipinski definition) is 1. The monoisotopic (exact) mass is 160 g/mol. The minimum Gasteiger partial charge on any atom is -0.366 e. The van der Waals surface area contributed by atoms with Gasteiger partial charge in [0.25, 0.3) is 0 Å². The summed E-state index contributed by atoms with van der Waals surface area (Å²) in [5.41, 5.74) is 0. The standard InChI is InChI=1S/C7H16N2S/c1-4-6(2)5-9-7(10)8-3/h6H,4-5H2,1-3H3,(H2,8,9,10). The van der Waals surface area contributed by atoms with Crippen LogP contribution in [0.5, 0.6) is 0 Å². The molecule has 0 aromatic carbocycles. The highest BCUT2D eigenvalue weighted by atomic mass is 32.1. The zero-order valence-electron chi connectivity index (χ0n) is 6.90. The summed E-state index contributed by atoms with van der Waals surface area (Å²) >= 11 is 4.90. The van der Waals surface area contributed by atoms with Crippen molar-refractivity contribution in [3.05, 3.63) is 0 Å². The Balaban J connectivity index is 3.26. The van der Waals surface area contributed by atoms with Gasteiger partial charge in [0.2, 0.25) is 0 Å². The molecule has 0 fully saturated rings. The third-order valence-corrected chi connectivity index (χ3v) is 1.88. The smallest absolute Gasteiger partial charge is 0.166 e. The zero-order chi connectivity index (χ0) is 7.98. The van der Waals surface area contributed by atoms with Crippen LogP contribution in [0.25, 0.3) is 0 Å². The van der Waals surface area contributed by atoms with Crippen LogP contribution < -0.4 is 10.6 Å². The van der Waals surface area contributed by atoms with E-state index in [2.05, 4.69) is 24.5 Å². The van der Waals surface area contributed by atoms with E-state index in [9.17, 15) is 0 Å². The van der Waals surface area contributed by atoms with E-state index in [0.29, 0.717) is 5.92 Å². The maximum absolute atomic E-state index is 4.90. The van der Waals surface area contributed by atoms with E-state index in [1.807, 2.05) is 7.05 Å². The molecule has 1 unspecified atom stereocenters. The van der Waals surface area contributed by atoms with Crippen LogP contribution in [0, 0.1) is 5.92 Å². The van der Waals surface area contributed by atoms with Crippen molar-refractivity contribution in [3.8, 4) is 0 Å². The van der Waals surface area contributed by atoms with Crippen molar-refractivity contribution < 1.29 is 0 Å². The number of thiocarbonyl (C=S) groups is 1. The highest BCUT2D eigenvalue weighted by molar-refractivity contribution is 7.80. The van der Waals surface area contributed by atoms with E-state index in [-0.39, 0.29) is 0 Å². The van der Waals surface area contributed by atoms with Gasteiger partial charge in [0, 0.05) is 13.6 Å². The summed E-state index contributed by atoms with van der Waals surface area (Å²) in [7, 11) is 1.83. The largest absolute Gasteiger partial charge is 0.366 e. The van der Waals surface area contributed by atoms with Crippen molar-refractivity contribution in [1.82, 2.24) is 10.6 Å². The van der Waals surface area contributed by atoms with Gasteiger partial charge in [0.1, 0.15) is 0 Å². The van der Waals surface area contributed by atoms with Crippen molar-refractivity contribution >= 4 is 17.3 Å². The molecule has 0 saturated carbocycles. The topological polar surface area (TPSA) is 24.1 Å². The fraction of sp³-hybridized carbons (Fsp3) is 0.857. The molecule has 0 spiro atoms. The Morgan fingerprint density at radius 2 is 2.20 bits per heavy atom. The highest BCUT2D eigenvalue weighted by Crippen LogP contribution is 1.96. The van der Waals surface area contributed by atoms with Gasteiger partial charge in [-0.3, -0.25) is 0 Å². The molecule has 3 heteroatoms. The molecular formula is C7H16N2S. The van der Waals surface area contributed by atoms with Crippen molar-refractivity contribution in [2.24, 2.45) is 5.92 Å². The lowest BCUT2D eigenvalue weighted by Gasteiger charge is -2.10. The van der Waals surface area contributed by atoms with Gasteiger partial charge in [-0.25, -0.2) is 0 Å². The van der Waals surface area contributed by atoms with Crippen LogP contribution in [0.4, 0.5) is 0 Å². The third-order valence-electron chi connectivity index (χ3n) is 1.54. The van der Waals surface area contributed by atoms with Crippen LogP contribution >= 0.6 is 12.2 Å². The molecule has 1 atom stereocenters. The van der Waals surface area contributed by atoms with Crippen LogP contribution in [0.3, 0.4) is 0 Å². The van der Waals surface area contributed by atoms with Gasteiger partial charge in [-0.1, -0.05) is 20.3 Å². The Bertz CT molecular complexity index is 104. The van der Waals surface area contributed by atoms with Gasteiger partial charge in [-0.15, -0.1) is 0 Å². The van der Waals surface area contributed by atoms with Crippen molar-refractivity contribution in [3.63, 3.8) is 0 Å². The molecule has 0 aliphatic heterocycles. The van der Waals surface area contributed by atoms with Gasteiger partial charge >= 0.3 is 0 Å². The first-order valence-corrected chi connectivity index (χ1v) is 4.07. The molecule has 0 amide bonds. The Kier molecular flexibility index (Phi) is 5.30. The second kappa shape index (κ2) is 5.47. The number of rotatable bonds is 3. The molecule has 2 N–H and O–H groups in total. The lowest BCUT2D eigenvalue weighted by molar-refractivity contribution is 0.547. The molecule has 60 valence electrons. The fourth-order valence-corrected chi connectivity index (χ4v) is 0.583. The van der Waals surface area contributed by atoms with Crippen molar-refractivity contribution in [2.45, 2.75) is 20.3 Å². The number of hydrogen-bond donors (Lipinski definition) is 2. The second-order valence-electron chi connectivity index (χ2n) is 2.47. The predicted octanol–water partition coefficient (Wildman–Crippen LogP) is 1.13. The van der Waals surface area contributed by atoms with Gasteiger partial charge in [0.05, 0.1) is 0 Å². The highest BCUT2D eigenvalue weighted by Gasteiger charge is 1.97.